The first-order valence-electron chi connectivity index (χ1n) is 9.68. The van der Waals surface area contributed by atoms with Crippen molar-refractivity contribution in [2.75, 3.05) is 10.6 Å². The van der Waals surface area contributed by atoms with E-state index in [1.54, 1.807) is 53.3 Å². The Balaban J connectivity index is 1.43. The van der Waals surface area contributed by atoms with Gasteiger partial charge in [0.05, 0.1) is 11.0 Å². The molecule has 0 saturated heterocycles. The largest absolute Gasteiger partial charge is 0.326 e. The second kappa shape index (κ2) is 8.79. The highest BCUT2D eigenvalue weighted by Gasteiger charge is 2.25. The van der Waals surface area contributed by atoms with Gasteiger partial charge in [-0.05, 0) is 53.0 Å². The molecule has 1 heterocycles. The lowest BCUT2D eigenvalue weighted by Gasteiger charge is -2.24. The predicted molar refractivity (Wildman–Crippen MR) is 116 cm³/mol. The highest BCUT2D eigenvalue weighted by molar-refractivity contribution is 9.10. The Morgan fingerprint density at radius 3 is 2.67 bits per heavy atom. The molecule has 2 N–H and O–H groups in total. The molecule has 4 rings (SSSR count). The number of rotatable bonds is 6. The van der Waals surface area contributed by atoms with Crippen LogP contribution in [0, 0.1) is 11.7 Å². The van der Waals surface area contributed by atoms with Crippen LogP contribution < -0.4 is 10.6 Å². The Hall–Kier alpha value is -3.00. The van der Waals surface area contributed by atoms with E-state index in [1.165, 1.54) is 6.07 Å². The number of anilines is 2. The maximum Gasteiger partial charge on any atom is 0.256 e. The maximum atomic E-state index is 13.9. The summed E-state index contributed by atoms with van der Waals surface area (Å²) < 4.78 is 16.0. The van der Waals surface area contributed by atoms with Crippen LogP contribution in [-0.4, -0.2) is 21.6 Å². The molecule has 1 fully saturated rings. The molecule has 1 aliphatic rings. The lowest BCUT2D eigenvalue weighted by molar-refractivity contribution is -0.122. The summed E-state index contributed by atoms with van der Waals surface area (Å²) >= 11 is 3.38. The zero-order valence-electron chi connectivity index (χ0n) is 16.1. The van der Waals surface area contributed by atoms with Gasteiger partial charge in [0.1, 0.15) is 5.82 Å². The fourth-order valence-corrected chi connectivity index (χ4v) is 3.61. The van der Waals surface area contributed by atoms with Crippen LogP contribution in [-0.2, 0) is 11.3 Å². The summed E-state index contributed by atoms with van der Waals surface area (Å²) in [7, 11) is 0. The van der Waals surface area contributed by atoms with Gasteiger partial charge in [0.25, 0.3) is 5.91 Å². The van der Waals surface area contributed by atoms with Crippen LogP contribution in [0.5, 0.6) is 0 Å². The summed E-state index contributed by atoms with van der Waals surface area (Å²) in [4.78, 5) is 24.8. The third-order valence-electron chi connectivity index (χ3n) is 5.11. The molecule has 0 spiro atoms. The summed E-state index contributed by atoms with van der Waals surface area (Å²) in [6.45, 7) is 0.240. The van der Waals surface area contributed by atoms with Crippen molar-refractivity contribution < 1.29 is 14.0 Å². The van der Waals surface area contributed by atoms with Gasteiger partial charge in [0.15, 0.2) is 5.82 Å². The van der Waals surface area contributed by atoms with E-state index in [0.717, 1.165) is 19.3 Å². The summed E-state index contributed by atoms with van der Waals surface area (Å²) in [6, 6.07) is 13.3. The molecule has 1 aliphatic carbocycles. The number of benzene rings is 2. The second-order valence-electron chi connectivity index (χ2n) is 7.27. The lowest BCUT2D eigenvalue weighted by atomic mass is 9.85. The van der Waals surface area contributed by atoms with Crippen molar-refractivity contribution in [3.8, 4) is 0 Å². The molecular formula is C22H20BrFN4O2. The quantitative estimate of drug-likeness (QED) is 0.541. The number of nitrogens with zero attached hydrogens (tertiary/aromatic N) is 2. The molecule has 1 aromatic heterocycles. The van der Waals surface area contributed by atoms with Gasteiger partial charge in [-0.15, -0.1) is 0 Å². The molecule has 8 heteroatoms. The molecule has 0 bridgehead atoms. The van der Waals surface area contributed by atoms with Crippen LogP contribution in [0.3, 0.4) is 0 Å². The van der Waals surface area contributed by atoms with Crippen molar-refractivity contribution in [1.82, 2.24) is 9.78 Å². The number of halogens is 2. The number of carbonyl (C=O) groups excluding carboxylic acids is 2. The van der Waals surface area contributed by atoms with E-state index in [2.05, 4.69) is 31.7 Å². The van der Waals surface area contributed by atoms with Gasteiger partial charge in [0.2, 0.25) is 5.91 Å². The topological polar surface area (TPSA) is 76.0 Å². The van der Waals surface area contributed by atoms with Crippen molar-refractivity contribution in [2.24, 2.45) is 5.92 Å². The zero-order chi connectivity index (χ0) is 21.1. The van der Waals surface area contributed by atoms with Crippen LogP contribution in [0.4, 0.5) is 15.9 Å². The first kappa shape index (κ1) is 20.3. The fraction of sp³-hybridized carbons (Fsp3) is 0.227. The molecule has 30 heavy (non-hydrogen) atoms. The van der Waals surface area contributed by atoms with Gasteiger partial charge in [-0.2, -0.15) is 5.10 Å². The fourth-order valence-electron chi connectivity index (χ4n) is 3.20. The SMILES string of the molecule is O=C(Nc1nn(Cc2ccccc2F)cc1Br)c1cccc(NC(=O)C2CCC2)c1. The van der Waals surface area contributed by atoms with Crippen LogP contribution in [0.25, 0.3) is 0 Å². The normalized spacial score (nSPS) is 13.5. The van der Waals surface area contributed by atoms with Crippen molar-refractivity contribution in [3.63, 3.8) is 0 Å². The van der Waals surface area contributed by atoms with E-state index in [1.807, 2.05) is 0 Å². The van der Waals surface area contributed by atoms with Crippen LogP contribution >= 0.6 is 15.9 Å². The average molecular weight is 471 g/mol. The third-order valence-corrected chi connectivity index (χ3v) is 5.69. The Bertz CT molecular complexity index is 1090. The van der Waals surface area contributed by atoms with Crippen molar-refractivity contribution in [1.29, 1.82) is 0 Å². The number of hydrogen-bond acceptors (Lipinski definition) is 3. The van der Waals surface area contributed by atoms with E-state index in [-0.39, 0.29) is 30.1 Å². The molecule has 0 radical (unpaired) electrons. The van der Waals surface area contributed by atoms with Crippen molar-refractivity contribution in [3.05, 3.63) is 76.1 Å². The number of carbonyl (C=O) groups is 2. The van der Waals surface area contributed by atoms with Gasteiger partial charge in [-0.25, -0.2) is 4.39 Å². The molecule has 1 saturated carbocycles. The average Bonchev–Trinajstić information content (AvgIpc) is 3.01. The molecule has 154 valence electrons. The highest BCUT2D eigenvalue weighted by Crippen LogP contribution is 2.28. The molecule has 2 amide bonds. The summed E-state index contributed by atoms with van der Waals surface area (Å²) in [6.07, 6.45) is 4.58. The van der Waals surface area contributed by atoms with E-state index in [4.69, 9.17) is 0 Å². The van der Waals surface area contributed by atoms with Gasteiger partial charge in [-0.3, -0.25) is 14.3 Å². The maximum absolute atomic E-state index is 13.9. The van der Waals surface area contributed by atoms with E-state index in [9.17, 15) is 14.0 Å². The first-order valence-corrected chi connectivity index (χ1v) is 10.5. The number of nitrogens with one attached hydrogen (secondary N) is 2. The number of aromatic nitrogens is 2. The molecule has 0 unspecified atom stereocenters. The standard InChI is InChI=1S/C22H20BrFN4O2/c23-18-13-28(12-16-5-1-2-10-19(16)24)27-20(18)26-22(30)15-8-4-9-17(11-15)25-21(29)14-6-3-7-14/h1-2,4-5,8-11,13-14H,3,6-7,12H2,(H,25,29)(H,26,27,30). The molecule has 2 aromatic carbocycles. The van der Waals surface area contributed by atoms with E-state index in [0.29, 0.717) is 27.1 Å². The minimum absolute atomic E-state index is 0.00607. The second-order valence-corrected chi connectivity index (χ2v) is 8.12. The Morgan fingerprint density at radius 1 is 1.13 bits per heavy atom. The molecule has 6 nitrogen and oxygen atoms in total. The summed E-state index contributed by atoms with van der Waals surface area (Å²) in [5, 5.41) is 9.94. The molecule has 3 aromatic rings. The zero-order valence-corrected chi connectivity index (χ0v) is 17.7. The predicted octanol–water partition coefficient (Wildman–Crippen LogP) is 4.82. The molecule has 0 atom stereocenters. The van der Waals surface area contributed by atoms with Crippen LogP contribution in [0.2, 0.25) is 0 Å². The summed E-state index contributed by atoms with van der Waals surface area (Å²) in [5.41, 5.74) is 1.49. The van der Waals surface area contributed by atoms with Gasteiger partial charge < -0.3 is 10.6 Å². The van der Waals surface area contributed by atoms with E-state index >= 15 is 0 Å². The Labute approximate surface area is 181 Å². The van der Waals surface area contributed by atoms with Crippen molar-refractivity contribution in [2.45, 2.75) is 25.8 Å². The van der Waals surface area contributed by atoms with E-state index < -0.39 is 0 Å². The third kappa shape index (κ3) is 4.59. The lowest BCUT2D eigenvalue weighted by Crippen LogP contribution is -2.28. The monoisotopic (exact) mass is 470 g/mol. The Kier molecular flexibility index (Phi) is 5.94. The number of hydrogen-bond donors (Lipinski definition) is 2. The van der Waals surface area contributed by atoms with Gasteiger partial charge >= 0.3 is 0 Å². The molecular weight excluding hydrogens is 451 g/mol. The Morgan fingerprint density at radius 2 is 1.93 bits per heavy atom. The van der Waals surface area contributed by atoms with Gasteiger partial charge in [0, 0.05) is 28.9 Å². The minimum atomic E-state index is -0.355. The van der Waals surface area contributed by atoms with Crippen molar-refractivity contribution >= 4 is 39.2 Å². The van der Waals surface area contributed by atoms with Gasteiger partial charge in [-0.1, -0.05) is 30.7 Å². The van der Waals surface area contributed by atoms with Crippen LogP contribution in [0.15, 0.2) is 59.2 Å². The first-order chi connectivity index (χ1) is 14.5. The van der Waals surface area contributed by atoms with Crippen LogP contribution in [0.1, 0.15) is 35.2 Å². The molecule has 0 aliphatic heterocycles. The highest BCUT2D eigenvalue weighted by atomic mass is 79.9. The minimum Gasteiger partial charge on any atom is -0.326 e. The summed E-state index contributed by atoms with van der Waals surface area (Å²) in [5.74, 6) is -0.271. The number of amides is 2. The smallest absolute Gasteiger partial charge is 0.256 e.